The fraction of sp³-hybridized carbons (Fsp3) is 0.438. The first kappa shape index (κ1) is 17.6. The van der Waals surface area contributed by atoms with E-state index in [0.717, 1.165) is 5.56 Å². The topological polar surface area (TPSA) is 107 Å². The molecule has 0 aromatic carbocycles. The minimum atomic E-state index is -1.04. The van der Waals surface area contributed by atoms with Gasteiger partial charge in [-0.05, 0) is 25.5 Å². The molecule has 8 nitrogen and oxygen atoms in total. The lowest BCUT2D eigenvalue weighted by atomic mass is 9.99. The maximum atomic E-state index is 12.1. The number of carbonyl (C=O) groups is 2. The second-order valence-electron chi connectivity index (χ2n) is 5.48. The van der Waals surface area contributed by atoms with Crippen LogP contribution in [0.4, 0.5) is 0 Å². The van der Waals surface area contributed by atoms with E-state index in [1.165, 1.54) is 7.11 Å². The van der Waals surface area contributed by atoms with Gasteiger partial charge in [0, 0.05) is 30.8 Å². The van der Waals surface area contributed by atoms with E-state index < -0.39 is 11.5 Å². The largest absolute Gasteiger partial charge is 0.467 e. The Bertz CT molecular complexity index is 701. The Labute approximate surface area is 139 Å². The molecule has 0 aliphatic heterocycles. The van der Waals surface area contributed by atoms with Crippen molar-refractivity contribution in [2.24, 2.45) is 0 Å². The van der Waals surface area contributed by atoms with Crippen molar-refractivity contribution in [1.29, 1.82) is 0 Å². The zero-order valence-corrected chi connectivity index (χ0v) is 13.9. The highest BCUT2D eigenvalue weighted by molar-refractivity contribution is 5.87. The molecule has 0 aliphatic carbocycles. The number of pyridine rings is 1. The molecule has 1 N–H and O–H groups in total. The molecule has 0 radical (unpaired) electrons. The van der Waals surface area contributed by atoms with E-state index in [4.69, 9.17) is 9.26 Å². The first-order valence-electron chi connectivity index (χ1n) is 7.61. The molecule has 1 amide bonds. The summed E-state index contributed by atoms with van der Waals surface area (Å²) >= 11 is 0. The third-order valence-corrected chi connectivity index (χ3v) is 3.71. The lowest BCUT2D eigenvalue weighted by Gasteiger charge is -2.26. The van der Waals surface area contributed by atoms with Crippen LogP contribution in [0.5, 0.6) is 0 Å². The van der Waals surface area contributed by atoms with Crippen molar-refractivity contribution in [3.05, 3.63) is 30.4 Å². The van der Waals surface area contributed by atoms with E-state index in [0.29, 0.717) is 18.1 Å². The van der Waals surface area contributed by atoms with E-state index in [1.54, 1.807) is 32.3 Å². The number of nitrogens with one attached hydrogen (secondary N) is 1. The van der Waals surface area contributed by atoms with Crippen molar-refractivity contribution in [2.45, 2.75) is 38.6 Å². The number of hydrogen-bond donors (Lipinski definition) is 1. The lowest BCUT2D eigenvalue weighted by molar-refractivity contribution is -0.150. The highest BCUT2D eigenvalue weighted by atomic mass is 16.5. The summed E-state index contributed by atoms with van der Waals surface area (Å²) in [6.45, 7) is 3.43. The van der Waals surface area contributed by atoms with Gasteiger partial charge in [0.15, 0.2) is 0 Å². The van der Waals surface area contributed by atoms with Crippen molar-refractivity contribution in [3.8, 4) is 11.4 Å². The predicted octanol–water partition coefficient (Wildman–Crippen LogP) is 1.52. The Morgan fingerprint density at radius 2 is 2.21 bits per heavy atom. The third kappa shape index (κ3) is 4.15. The number of amides is 1. The average molecular weight is 332 g/mol. The zero-order valence-electron chi connectivity index (χ0n) is 13.9. The van der Waals surface area contributed by atoms with Crippen molar-refractivity contribution in [3.63, 3.8) is 0 Å². The summed E-state index contributed by atoms with van der Waals surface area (Å²) in [5, 5.41) is 6.55. The number of nitrogens with zero attached hydrogens (tertiary/aromatic N) is 3. The standard InChI is InChI=1S/C16H20N4O4/c1-4-16(2,15(22)23-3)19-12(21)7-8-13-18-14(20-24-13)11-6-5-9-17-10-11/h5-6,9-10H,4,7-8H2,1-3H3,(H,19,21)/t16-/m1/s1. The molecule has 2 heterocycles. The van der Waals surface area contributed by atoms with Gasteiger partial charge >= 0.3 is 5.97 Å². The molecule has 128 valence electrons. The van der Waals surface area contributed by atoms with Crippen LogP contribution in [-0.4, -0.2) is 39.6 Å². The number of aromatic nitrogens is 3. The maximum Gasteiger partial charge on any atom is 0.331 e. The van der Waals surface area contributed by atoms with Crippen LogP contribution in [-0.2, 0) is 20.7 Å². The zero-order chi connectivity index (χ0) is 17.6. The van der Waals surface area contributed by atoms with E-state index in [9.17, 15) is 9.59 Å². The van der Waals surface area contributed by atoms with Gasteiger partial charge in [-0.1, -0.05) is 12.1 Å². The van der Waals surface area contributed by atoms with Gasteiger partial charge in [0.2, 0.25) is 17.6 Å². The number of hydrogen-bond acceptors (Lipinski definition) is 7. The molecule has 0 unspecified atom stereocenters. The van der Waals surface area contributed by atoms with Gasteiger partial charge in [-0.3, -0.25) is 9.78 Å². The van der Waals surface area contributed by atoms with Gasteiger partial charge in [-0.15, -0.1) is 0 Å². The minimum Gasteiger partial charge on any atom is -0.467 e. The molecule has 24 heavy (non-hydrogen) atoms. The molecule has 0 fully saturated rings. The summed E-state index contributed by atoms with van der Waals surface area (Å²) in [5.41, 5.74) is -0.303. The number of carbonyl (C=O) groups excluding carboxylic acids is 2. The molecule has 8 heteroatoms. The Morgan fingerprint density at radius 1 is 1.42 bits per heavy atom. The average Bonchev–Trinajstić information content (AvgIpc) is 3.09. The van der Waals surface area contributed by atoms with Gasteiger partial charge in [0.1, 0.15) is 5.54 Å². The SMILES string of the molecule is CC[C@@](C)(NC(=O)CCc1nc(-c2cccnc2)no1)C(=O)OC. The fourth-order valence-corrected chi connectivity index (χ4v) is 2.07. The van der Waals surface area contributed by atoms with Gasteiger partial charge in [0.05, 0.1) is 7.11 Å². The van der Waals surface area contributed by atoms with Gasteiger partial charge in [-0.2, -0.15) is 4.98 Å². The first-order valence-corrected chi connectivity index (χ1v) is 7.61. The summed E-state index contributed by atoms with van der Waals surface area (Å²) in [6, 6.07) is 3.59. The van der Waals surface area contributed by atoms with E-state index in [2.05, 4.69) is 20.4 Å². The molecule has 2 aromatic heterocycles. The Kier molecular flexibility index (Phi) is 5.62. The van der Waals surface area contributed by atoms with Crippen LogP contribution >= 0.6 is 0 Å². The van der Waals surface area contributed by atoms with E-state index in [-0.39, 0.29) is 18.7 Å². The smallest absolute Gasteiger partial charge is 0.331 e. The molecule has 1 atom stereocenters. The molecule has 2 aromatic rings. The molecule has 0 bridgehead atoms. The van der Waals surface area contributed by atoms with Crippen LogP contribution in [0.2, 0.25) is 0 Å². The van der Waals surface area contributed by atoms with Crippen LogP contribution in [0.3, 0.4) is 0 Å². The summed E-state index contributed by atoms with van der Waals surface area (Å²) in [5.74, 6) is 0.00706. The van der Waals surface area contributed by atoms with Gasteiger partial charge in [0.25, 0.3) is 0 Å². The number of rotatable bonds is 7. The summed E-state index contributed by atoms with van der Waals surface area (Å²) < 4.78 is 9.86. The Balaban J connectivity index is 1.93. The number of ether oxygens (including phenoxy) is 1. The van der Waals surface area contributed by atoms with Crippen LogP contribution in [0.25, 0.3) is 11.4 Å². The molecule has 0 spiro atoms. The van der Waals surface area contributed by atoms with E-state index in [1.807, 2.05) is 6.07 Å². The number of methoxy groups -OCH3 is 1. The normalized spacial score (nSPS) is 13.1. The third-order valence-electron chi connectivity index (χ3n) is 3.71. The maximum absolute atomic E-state index is 12.1. The lowest BCUT2D eigenvalue weighted by Crippen LogP contribution is -2.52. The van der Waals surface area contributed by atoms with Crippen molar-refractivity contribution < 1.29 is 18.8 Å². The van der Waals surface area contributed by atoms with Crippen LogP contribution in [0.1, 0.15) is 32.6 Å². The molecular weight excluding hydrogens is 312 g/mol. The molecular formula is C16H20N4O4. The highest BCUT2D eigenvalue weighted by Crippen LogP contribution is 2.15. The molecule has 0 saturated heterocycles. The first-order chi connectivity index (χ1) is 11.5. The van der Waals surface area contributed by atoms with E-state index >= 15 is 0 Å². The fourth-order valence-electron chi connectivity index (χ4n) is 2.07. The predicted molar refractivity (Wildman–Crippen MR) is 84.7 cm³/mol. The van der Waals surface area contributed by atoms with Crippen LogP contribution < -0.4 is 5.32 Å². The summed E-state index contributed by atoms with van der Waals surface area (Å²) in [6.07, 6.45) is 4.11. The highest BCUT2D eigenvalue weighted by Gasteiger charge is 2.33. The monoisotopic (exact) mass is 332 g/mol. The van der Waals surface area contributed by atoms with Crippen molar-refractivity contribution in [1.82, 2.24) is 20.4 Å². The molecule has 0 saturated carbocycles. The summed E-state index contributed by atoms with van der Waals surface area (Å²) in [7, 11) is 1.29. The minimum absolute atomic E-state index is 0.126. The molecule has 2 rings (SSSR count). The second-order valence-corrected chi connectivity index (χ2v) is 5.48. The molecule has 0 aliphatic rings. The number of aryl methyl sites for hydroxylation is 1. The van der Waals surface area contributed by atoms with Crippen LogP contribution in [0.15, 0.2) is 29.0 Å². The van der Waals surface area contributed by atoms with Crippen LogP contribution in [0, 0.1) is 0 Å². The second kappa shape index (κ2) is 7.67. The van der Waals surface area contributed by atoms with Crippen molar-refractivity contribution in [2.75, 3.05) is 7.11 Å². The Morgan fingerprint density at radius 3 is 2.83 bits per heavy atom. The Hall–Kier alpha value is -2.77. The van der Waals surface area contributed by atoms with Crippen molar-refractivity contribution >= 4 is 11.9 Å². The van der Waals surface area contributed by atoms with Gasteiger partial charge in [-0.25, -0.2) is 4.79 Å². The quantitative estimate of drug-likeness (QED) is 0.766. The van der Waals surface area contributed by atoms with Gasteiger partial charge < -0.3 is 14.6 Å². The number of esters is 1. The summed E-state index contributed by atoms with van der Waals surface area (Å²) in [4.78, 5) is 32.0.